The van der Waals surface area contributed by atoms with Crippen LogP contribution in [-0.2, 0) is 9.59 Å². The Balaban J connectivity index is 1.71. The normalized spacial score (nSPS) is 15.6. The topological polar surface area (TPSA) is 79.6 Å². The van der Waals surface area contributed by atoms with Crippen LogP contribution in [-0.4, -0.2) is 17.8 Å². The Kier molecular flexibility index (Phi) is 5.32. The number of furan rings is 1. The molecule has 2 aromatic carbocycles. The van der Waals surface area contributed by atoms with Crippen molar-refractivity contribution in [2.24, 2.45) is 0 Å². The SMILES string of the molecule is Cc1c(Cl)cccc1N1C(=O)NC(=O)/C(=C\c2ccc(-c3cccc(Br)c3)o2)C1=O. The number of imide groups is 2. The van der Waals surface area contributed by atoms with Crippen LogP contribution in [0.25, 0.3) is 17.4 Å². The maximum atomic E-state index is 13.0. The van der Waals surface area contributed by atoms with Gasteiger partial charge in [0.25, 0.3) is 11.8 Å². The van der Waals surface area contributed by atoms with Crippen LogP contribution in [0, 0.1) is 6.92 Å². The minimum absolute atomic E-state index is 0.218. The summed E-state index contributed by atoms with van der Waals surface area (Å²) < 4.78 is 6.67. The van der Waals surface area contributed by atoms with Gasteiger partial charge in [0.15, 0.2) is 0 Å². The highest BCUT2D eigenvalue weighted by Crippen LogP contribution is 2.30. The summed E-state index contributed by atoms with van der Waals surface area (Å²) in [7, 11) is 0. The van der Waals surface area contributed by atoms with Crippen molar-refractivity contribution in [1.82, 2.24) is 5.32 Å². The van der Waals surface area contributed by atoms with Crippen molar-refractivity contribution in [2.75, 3.05) is 4.90 Å². The molecule has 30 heavy (non-hydrogen) atoms. The van der Waals surface area contributed by atoms with Crippen LogP contribution >= 0.6 is 27.5 Å². The van der Waals surface area contributed by atoms with Gasteiger partial charge in [-0.1, -0.05) is 45.7 Å². The predicted molar refractivity (Wildman–Crippen MR) is 117 cm³/mol. The molecule has 1 aliphatic heterocycles. The molecule has 8 heteroatoms. The van der Waals surface area contributed by atoms with Crippen molar-refractivity contribution in [3.63, 3.8) is 0 Å². The van der Waals surface area contributed by atoms with Gasteiger partial charge in [0.2, 0.25) is 0 Å². The number of benzene rings is 2. The number of nitrogens with one attached hydrogen (secondary N) is 1. The van der Waals surface area contributed by atoms with E-state index in [9.17, 15) is 14.4 Å². The van der Waals surface area contributed by atoms with Crippen molar-refractivity contribution in [3.8, 4) is 11.3 Å². The summed E-state index contributed by atoms with van der Waals surface area (Å²) in [5.74, 6) is -0.665. The smallest absolute Gasteiger partial charge is 0.335 e. The number of amides is 4. The second kappa shape index (κ2) is 7.93. The predicted octanol–water partition coefficient (Wildman–Crippen LogP) is 5.34. The fourth-order valence-electron chi connectivity index (χ4n) is 3.08. The van der Waals surface area contributed by atoms with Gasteiger partial charge in [-0.25, -0.2) is 9.69 Å². The van der Waals surface area contributed by atoms with Crippen LogP contribution in [0.3, 0.4) is 0 Å². The van der Waals surface area contributed by atoms with E-state index in [-0.39, 0.29) is 5.57 Å². The maximum Gasteiger partial charge on any atom is 0.335 e. The molecule has 0 unspecified atom stereocenters. The molecule has 0 saturated carbocycles. The largest absolute Gasteiger partial charge is 0.457 e. The first kappa shape index (κ1) is 20.1. The zero-order valence-corrected chi connectivity index (χ0v) is 18.0. The van der Waals surface area contributed by atoms with Crippen molar-refractivity contribution in [2.45, 2.75) is 6.92 Å². The standard InChI is InChI=1S/C22H14BrClN2O4/c1-12-17(24)6-3-7-18(12)26-21(28)16(20(27)25-22(26)29)11-15-8-9-19(30-15)13-4-2-5-14(23)10-13/h2-11H,1H3,(H,25,27,29)/b16-11+. The van der Waals surface area contributed by atoms with Gasteiger partial charge in [-0.3, -0.25) is 14.9 Å². The van der Waals surface area contributed by atoms with E-state index < -0.39 is 17.8 Å². The van der Waals surface area contributed by atoms with Gasteiger partial charge in [0.05, 0.1) is 5.69 Å². The molecule has 1 aromatic heterocycles. The van der Waals surface area contributed by atoms with E-state index in [1.165, 1.54) is 6.08 Å². The summed E-state index contributed by atoms with van der Waals surface area (Å²) in [5, 5.41) is 2.59. The first-order valence-corrected chi connectivity index (χ1v) is 10.0. The molecule has 0 aliphatic carbocycles. The number of halogens is 2. The highest BCUT2D eigenvalue weighted by Gasteiger charge is 2.37. The van der Waals surface area contributed by atoms with E-state index in [0.29, 0.717) is 27.8 Å². The summed E-state index contributed by atoms with van der Waals surface area (Å²) in [6.45, 7) is 1.69. The highest BCUT2D eigenvalue weighted by molar-refractivity contribution is 9.10. The molecule has 4 rings (SSSR count). The third kappa shape index (κ3) is 3.69. The van der Waals surface area contributed by atoms with Crippen LogP contribution in [0.2, 0.25) is 5.02 Å². The van der Waals surface area contributed by atoms with Gasteiger partial charge in [-0.15, -0.1) is 0 Å². The summed E-state index contributed by atoms with van der Waals surface area (Å²) in [4.78, 5) is 38.6. The average Bonchev–Trinajstić information content (AvgIpc) is 3.17. The molecule has 150 valence electrons. The molecule has 3 aromatic rings. The van der Waals surface area contributed by atoms with Gasteiger partial charge >= 0.3 is 6.03 Å². The molecule has 1 saturated heterocycles. The Labute approximate surface area is 185 Å². The summed E-state index contributed by atoms with van der Waals surface area (Å²) in [6, 6.07) is 14.9. The van der Waals surface area contributed by atoms with E-state index >= 15 is 0 Å². The second-order valence-corrected chi connectivity index (χ2v) is 7.88. The number of nitrogens with zero attached hydrogens (tertiary/aromatic N) is 1. The molecule has 4 amide bonds. The lowest BCUT2D eigenvalue weighted by Gasteiger charge is -2.27. The first-order valence-electron chi connectivity index (χ1n) is 8.87. The molecular weight excluding hydrogens is 472 g/mol. The lowest BCUT2D eigenvalue weighted by atomic mass is 10.1. The monoisotopic (exact) mass is 484 g/mol. The lowest BCUT2D eigenvalue weighted by Crippen LogP contribution is -2.54. The van der Waals surface area contributed by atoms with Gasteiger partial charge in [0.1, 0.15) is 17.1 Å². The molecule has 1 fully saturated rings. The molecule has 1 aliphatic rings. The van der Waals surface area contributed by atoms with Crippen molar-refractivity contribution in [1.29, 1.82) is 0 Å². The number of anilines is 1. The van der Waals surface area contributed by atoms with Crippen molar-refractivity contribution in [3.05, 3.63) is 81.0 Å². The molecule has 0 bridgehead atoms. The molecule has 6 nitrogen and oxygen atoms in total. The molecular formula is C22H14BrClN2O4. The number of hydrogen-bond donors (Lipinski definition) is 1. The van der Waals surface area contributed by atoms with Crippen LogP contribution in [0.5, 0.6) is 0 Å². The number of hydrogen-bond acceptors (Lipinski definition) is 4. The number of carbonyl (C=O) groups is 3. The minimum Gasteiger partial charge on any atom is -0.457 e. The summed E-state index contributed by atoms with van der Waals surface area (Å²) >= 11 is 9.53. The van der Waals surface area contributed by atoms with Gasteiger partial charge in [-0.05, 0) is 55.0 Å². The van der Waals surface area contributed by atoms with E-state index in [2.05, 4.69) is 21.2 Å². The van der Waals surface area contributed by atoms with E-state index in [4.69, 9.17) is 16.0 Å². The molecule has 0 atom stereocenters. The number of carbonyl (C=O) groups excluding carboxylic acids is 3. The Bertz CT molecular complexity index is 1230. The number of barbiturate groups is 1. The summed E-state index contributed by atoms with van der Waals surface area (Å²) in [5.41, 5.74) is 1.47. The molecule has 2 heterocycles. The van der Waals surface area contributed by atoms with Crippen LogP contribution in [0.1, 0.15) is 11.3 Å². The van der Waals surface area contributed by atoms with E-state index in [1.807, 2.05) is 24.3 Å². The zero-order chi connectivity index (χ0) is 21.4. The first-order chi connectivity index (χ1) is 14.3. The van der Waals surface area contributed by atoms with E-state index in [0.717, 1.165) is 14.9 Å². The third-order valence-corrected chi connectivity index (χ3v) is 5.51. The van der Waals surface area contributed by atoms with Gasteiger partial charge in [0, 0.05) is 15.1 Å². The Morgan fingerprint density at radius 3 is 2.60 bits per heavy atom. The van der Waals surface area contributed by atoms with Crippen molar-refractivity contribution >= 4 is 57.1 Å². The van der Waals surface area contributed by atoms with Crippen LogP contribution < -0.4 is 10.2 Å². The van der Waals surface area contributed by atoms with Crippen LogP contribution in [0.4, 0.5) is 10.5 Å². The second-order valence-electron chi connectivity index (χ2n) is 6.55. The highest BCUT2D eigenvalue weighted by atomic mass is 79.9. The minimum atomic E-state index is -0.832. The van der Waals surface area contributed by atoms with Crippen molar-refractivity contribution < 1.29 is 18.8 Å². The molecule has 0 spiro atoms. The zero-order valence-electron chi connectivity index (χ0n) is 15.6. The Hall–Kier alpha value is -3.16. The Morgan fingerprint density at radius 2 is 1.83 bits per heavy atom. The fourth-order valence-corrected chi connectivity index (χ4v) is 3.65. The number of urea groups is 1. The number of rotatable bonds is 3. The van der Waals surface area contributed by atoms with Gasteiger partial charge in [-0.2, -0.15) is 0 Å². The maximum absolute atomic E-state index is 13.0. The Morgan fingerprint density at radius 1 is 1.07 bits per heavy atom. The van der Waals surface area contributed by atoms with E-state index in [1.54, 1.807) is 37.3 Å². The quantitative estimate of drug-likeness (QED) is 0.401. The van der Waals surface area contributed by atoms with Crippen LogP contribution in [0.15, 0.2) is 69.1 Å². The third-order valence-electron chi connectivity index (χ3n) is 4.60. The summed E-state index contributed by atoms with van der Waals surface area (Å²) in [6.07, 6.45) is 1.32. The van der Waals surface area contributed by atoms with Gasteiger partial charge < -0.3 is 4.42 Å². The molecule has 1 N–H and O–H groups in total. The fraction of sp³-hybridized carbons (Fsp3) is 0.0455. The lowest BCUT2D eigenvalue weighted by molar-refractivity contribution is -0.122. The molecule has 0 radical (unpaired) electrons. The average molecular weight is 486 g/mol.